The third kappa shape index (κ3) is 4.56. The molecule has 0 aliphatic carbocycles. The topological polar surface area (TPSA) is 98.3 Å². The SMILES string of the molecule is Cc1[nH]ncc1CNC(=O)N(CCC(=O)O)C(C)(C)C. The van der Waals surface area contributed by atoms with Crippen molar-refractivity contribution >= 4 is 12.0 Å². The van der Waals surface area contributed by atoms with Crippen molar-refractivity contribution in [2.45, 2.75) is 46.2 Å². The van der Waals surface area contributed by atoms with Crippen molar-refractivity contribution in [2.75, 3.05) is 6.54 Å². The smallest absolute Gasteiger partial charge is 0.318 e. The minimum atomic E-state index is -0.919. The Balaban J connectivity index is 2.64. The van der Waals surface area contributed by atoms with Gasteiger partial charge in [0.15, 0.2) is 0 Å². The highest BCUT2D eigenvalue weighted by Gasteiger charge is 2.26. The van der Waals surface area contributed by atoms with Crippen LogP contribution in [0.25, 0.3) is 0 Å². The number of urea groups is 1. The molecule has 7 heteroatoms. The number of nitrogens with zero attached hydrogens (tertiary/aromatic N) is 2. The number of rotatable bonds is 5. The van der Waals surface area contributed by atoms with Gasteiger partial charge in [0.2, 0.25) is 0 Å². The number of carbonyl (C=O) groups excluding carboxylic acids is 1. The Hall–Kier alpha value is -2.05. The number of amides is 2. The number of aromatic nitrogens is 2. The second-order valence-electron chi connectivity index (χ2n) is 5.65. The molecule has 0 fully saturated rings. The summed E-state index contributed by atoms with van der Waals surface area (Å²) in [5.41, 5.74) is 1.37. The van der Waals surface area contributed by atoms with Crippen LogP contribution in [0.5, 0.6) is 0 Å². The van der Waals surface area contributed by atoms with E-state index in [4.69, 9.17) is 5.11 Å². The summed E-state index contributed by atoms with van der Waals surface area (Å²) in [5, 5.41) is 18.2. The minimum Gasteiger partial charge on any atom is -0.481 e. The average Bonchev–Trinajstić information content (AvgIpc) is 2.70. The number of aliphatic carboxylic acids is 1. The zero-order valence-corrected chi connectivity index (χ0v) is 12.4. The van der Waals surface area contributed by atoms with Gasteiger partial charge in [-0.05, 0) is 27.7 Å². The molecule has 3 N–H and O–H groups in total. The van der Waals surface area contributed by atoms with Crippen LogP contribution in [0.4, 0.5) is 4.79 Å². The maximum Gasteiger partial charge on any atom is 0.318 e. The fourth-order valence-corrected chi connectivity index (χ4v) is 1.77. The summed E-state index contributed by atoms with van der Waals surface area (Å²) in [6, 6.07) is -0.278. The molecule has 0 aliphatic rings. The van der Waals surface area contributed by atoms with Crippen LogP contribution < -0.4 is 5.32 Å². The second kappa shape index (κ2) is 6.40. The second-order valence-corrected chi connectivity index (χ2v) is 5.65. The van der Waals surface area contributed by atoms with Crippen LogP contribution in [0.15, 0.2) is 6.20 Å². The first-order valence-corrected chi connectivity index (χ1v) is 6.48. The van der Waals surface area contributed by atoms with Gasteiger partial charge in [0.25, 0.3) is 0 Å². The van der Waals surface area contributed by atoms with Gasteiger partial charge in [0.1, 0.15) is 0 Å². The molecule has 0 atom stereocenters. The molecule has 1 rings (SSSR count). The maximum atomic E-state index is 12.2. The van der Waals surface area contributed by atoms with Gasteiger partial charge in [-0.25, -0.2) is 4.79 Å². The monoisotopic (exact) mass is 282 g/mol. The molecule has 0 saturated heterocycles. The summed E-state index contributed by atoms with van der Waals surface area (Å²) in [5.74, 6) is -0.919. The van der Waals surface area contributed by atoms with Crippen LogP contribution in [-0.2, 0) is 11.3 Å². The van der Waals surface area contributed by atoms with Crippen LogP contribution in [0.3, 0.4) is 0 Å². The van der Waals surface area contributed by atoms with Gasteiger partial charge in [-0.3, -0.25) is 9.89 Å². The van der Waals surface area contributed by atoms with Crippen LogP contribution in [-0.4, -0.2) is 44.3 Å². The van der Waals surface area contributed by atoms with E-state index in [1.54, 1.807) is 6.20 Å². The zero-order chi connectivity index (χ0) is 15.3. The summed E-state index contributed by atoms with van der Waals surface area (Å²) in [6.07, 6.45) is 1.59. The normalized spacial score (nSPS) is 11.2. The standard InChI is InChI=1S/C13H22N4O3/c1-9-10(8-15-16-9)7-14-12(20)17(13(2,3)4)6-5-11(18)19/h8H,5-7H2,1-4H3,(H,14,20)(H,15,16)(H,18,19). The molecule has 112 valence electrons. The third-order valence-electron chi connectivity index (χ3n) is 2.97. The quantitative estimate of drug-likeness (QED) is 0.762. The fourth-order valence-electron chi connectivity index (χ4n) is 1.77. The van der Waals surface area contributed by atoms with Crippen molar-refractivity contribution in [3.8, 4) is 0 Å². The molecular formula is C13H22N4O3. The number of hydrogen-bond acceptors (Lipinski definition) is 3. The Morgan fingerprint density at radius 2 is 2.10 bits per heavy atom. The first-order valence-electron chi connectivity index (χ1n) is 6.48. The molecule has 1 heterocycles. The van der Waals surface area contributed by atoms with E-state index in [2.05, 4.69) is 15.5 Å². The Bertz CT molecular complexity index is 476. The van der Waals surface area contributed by atoms with E-state index in [-0.39, 0.29) is 19.0 Å². The highest BCUT2D eigenvalue weighted by Crippen LogP contribution is 2.14. The third-order valence-corrected chi connectivity index (χ3v) is 2.97. The summed E-state index contributed by atoms with van der Waals surface area (Å²) in [7, 11) is 0. The van der Waals surface area contributed by atoms with E-state index >= 15 is 0 Å². The number of carbonyl (C=O) groups is 2. The Morgan fingerprint density at radius 1 is 1.45 bits per heavy atom. The summed E-state index contributed by atoms with van der Waals surface area (Å²) in [6.45, 7) is 8.03. The molecule has 0 spiro atoms. The Labute approximate surface area is 118 Å². The van der Waals surface area contributed by atoms with Gasteiger partial charge < -0.3 is 15.3 Å². The first kappa shape index (κ1) is 16.0. The van der Waals surface area contributed by atoms with Gasteiger partial charge in [-0.15, -0.1) is 0 Å². The Morgan fingerprint density at radius 3 is 2.55 bits per heavy atom. The molecule has 7 nitrogen and oxygen atoms in total. The summed E-state index contributed by atoms with van der Waals surface area (Å²) >= 11 is 0. The van der Waals surface area contributed by atoms with Crippen molar-refractivity contribution in [3.05, 3.63) is 17.5 Å². The van der Waals surface area contributed by atoms with Crippen LogP contribution >= 0.6 is 0 Å². The van der Waals surface area contributed by atoms with Crippen LogP contribution in [0.2, 0.25) is 0 Å². The lowest BCUT2D eigenvalue weighted by Gasteiger charge is -2.35. The van der Waals surface area contributed by atoms with Crippen molar-refractivity contribution in [1.82, 2.24) is 20.4 Å². The molecule has 0 bridgehead atoms. The minimum absolute atomic E-state index is 0.0740. The lowest BCUT2D eigenvalue weighted by molar-refractivity contribution is -0.137. The largest absolute Gasteiger partial charge is 0.481 e. The molecule has 0 unspecified atom stereocenters. The van der Waals surface area contributed by atoms with Crippen molar-refractivity contribution in [3.63, 3.8) is 0 Å². The molecule has 1 aromatic rings. The van der Waals surface area contributed by atoms with Crippen molar-refractivity contribution in [1.29, 1.82) is 0 Å². The number of aromatic amines is 1. The van der Waals surface area contributed by atoms with E-state index in [9.17, 15) is 9.59 Å². The van der Waals surface area contributed by atoms with Crippen molar-refractivity contribution < 1.29 is 14.7 Å². The van der Waals surface area contributed by atoms with Gasteiger partial charge in [0.05, 0.1) is 12.6 Å². The van der Waals surface area contributed by atoms with E-state index < -0.39 is 11.5 Å². The van der Waals surface area contributed by atoms with E-state index in [1.807, 2.05) is 27.7 Å². The number of carboxylic acid groups (broad SMARTS) is 1. The van der Waals surface area contributed by atoms with Crippen molar-refractivity contribution in [2.24, 2.45) is 0 Å². The highest BCUT2D eigenvalue weighted by atomic mass is 16.4. The molecular weight excluding hydrogens is 260 g/mol. The fraction of sp³-hybridized carbons (Fsp3) is 0.615. The predicted molar refractivity (Wildman–Crippen MR) is 74.3 cm³/mol. The van der Waals surface area contributed by atoms with Gasteiger partial charge in [-0.1, -0.05) is 0 Å². The van der Waals surface area contributed by atoms with E-state index in [1.165, 1.54) is 4.90 Å². The average molecular weight is 282 g/mol. The number of nitrogens with one attached hydrogen (secondary N) is 2. The van der Waals surface area contributed by atoms with Crippen LogP contribution in [0.1, 0.15) is 38.4 Å². The van der Waals surface area contributed by atoms with Gasteiger partial charge in [0, 0.05) is 29.9 Å². The first-order chi connectivity index (χ1) is 9.21. The number of carboxylic acids is 1. The molecule has 20 heavy (non-hydrogen) atoms. The molecule has 0 aliphatic heterocycles. The number of H-pyrrole nitrogens is 1. The number of aryl methyl sites for hydroxylation is 1. The lowest BCUT2D eigenvalue weighted by atomic mass is 10.1. The summed E-state index contributed by atoms with van der Waals surface area (Å²) < 4.78 is 0. The molecule has 1 aromatic heterocycles. The summed E-state index contributed by atoms with van der Waals surface area (Å²) in [4.78, 5) is 24.4. The van der Waals surface area contributed by atoms with E-state index in [0.717, 1.165) is 11.3 Å². The van der Waals surface area contributed by atoms with Crippen LogP contribution in [0, 0.1) is 6.92 Å². The van der Waals surface area contributed by atoms with Gasteiger partial charge >= 0.3 is 12.0 Å². The molecule has 0 aromatic carbocycles. The predicted octanol–water partition coefficient (Wildman–Crippen LogP) is 1.50. The van der Waals surface area contributed by atoms with E-state index in [0.29, 0.717) is 6.54 Å². The zero-order valence-electron chi connectivity index (χ0n) is 12.4. The highest BCUT2D eigenvalue weighted by molar-refractivity contribution is 5.76. The van der Waals surface area contributed by atoms with Gasteiger partial charge in [-0.2, -0.15) is 5.10 Å². The number of hydrogen-bond donors (Lipinski definition) is 3. The molecule has 0 radical (unpaired) electrons. The molecule has 0 saturated carbocycles. The lowest BCUT2D eigenvalue weighted by Crippen LogP contribution is -2.50. The molecule has 2 amide bonds. The maximum absolute atomic E-state index is 12.2. The Kier molecular flexibility index (Phi) is 5.12.